The summed E-state index contributed by atoms with van der Waals surface area (Å²) < 4.78 is 0. The second-order valence-corrected chi connectivity index (χ2v) is 3.07. The second kappa shape index (κ2) is 5.51. The van der Waals surface area contributed by atoms with E-state index in [1.165, 1.54) is 6.07 Å². The highest BCUT2D eigenvalue weighted by molar-refractivity contribution is 5.91. The normalized spacial score (nSPS) is 9.19. The first-order chi connectivity index (χ1) is 7.65. The quantitative estimate of drug-likeness (QED) is 0.723. The molecule has 5 heteroatoms. The van der Waals surface area contributed by atoms with Gasteiger partial charge >= 0.3 is 5.97 Å². The molecule has 0 aromatic heterocycles. The minimum absolute atomic E-state index is 0.0375. The van der Waals surface area contributed by atoms with Crippen LogP contribution in [0.2, 0.25) is 0 Å². The molecule has 1 amide bonds. The summed E-state index contributed by atoms with van der Waals surface area (Å²) in [6.45, 7) is -0.0753. The SMILES string of the molecule is N#CCNC(=O)Cc1ccccc1C(=O)O. The van der Waals surface area contributed by atoms with Crippen molar-refractivity contribution in [3.63, 3.8) is 0 Å². The van der Waals surface area contributed by atoms with Crippen molar-refractivity contribution in [1.82, 2.24) is 5.32 Å². The lowest BCUT2D eigenvalue weighted by Gasteiger charge is -2.04. The summed E-state index contributed by atoms with van der Waals surface area (Å²) in [7, 11) is 0. The third-order valence-electron chi connectivity index (χ3n) is 1.96. The molecule has 1 rings (SSSR count). The van der Waals surface area contributed by atoms with Crippen molar-refractivity contribution < 1.29 is 14.7 Å². The fourth-order valence-electron chi connectivity index (χ4n) is 1.26. The number of aromatic carboxylic acids is 1. The molecule has 0 saturated heterocycles. The molecule has 0 fully saturated rings. The van der Waals surface area contributed by atoms with E-state index in [4.69, 9.17) is 10.4 Å². The van der Waals surface area contributed by atoms with Gasteiger partial charge in [-0.05, 0) is 11.6 Å². The largest absolute Gasteiger partial charge is 0.478 e. The van der Waals surface area contributed by atoms with Gasteiger partial charge in [-0.3, -0.25) is 4.79 Å². The van der Waals surface area contributed by atoms with E-state index in [2.05, 4.69) is 5.32 Å². The summed E-state index contributed by atoms with van der Waals surface area (Å²) in [5.74, 6) is -1.43. The topological polar surface area (TPSA) is 90.2 Å². The van der Waals surface area contributed by atoms with E-state index in [9.17, 15) is 9.59 Å². The Balaban J connectivity index is 2.77. The average molecular weight is 218 g/mol. The van der Waals surface area contributed by atoms with E-state index in [0.29, 0.717) is 5.56 Å². The number of carboxylic acid groups (broad SMARTS) is 1. The maximum Gasteiger partial charge on any atom is 0.335 e. The van der Waals surface area contributed by atoms with E-state index in [1.807, 2.05) is 0 Å². The van der Waals surface area contributed by atoms with Crippen LogP contribution < -0.4 is 5.32 Å². The monoisotopic (exact) mass is 218 g/mol. The number of nitrogens with zero attached hydrogens (tertiary/aromatic N) is 1. The van der Waals surface area contributed by atoms with Gasteiger partial charge in [-0.1, -0.05) is 18.2 Å². The lowest BCUT2D eigenvalue weighted by Crippen LogP contribution is -2.25. The number of rotatable bonds is 4. The molecule has 0 aliphatic rings. The highest BCUT2D eigenvalue weighted by Crippen LogP contribution is 2.09. The Morgan fingerprint density at radius 2 is 2.06 bits per heavy atom. The van der Waals surface area contributed by atoms with Crippen LogP contribution in [0.1, 0.15) is 15.9 Å². The van der Waals surface area contributed by atoms with Crippen molar-refractivity contribution in [3.05, 3.63) is 35.4 Å². The summed E-state index contributed by atoms with van der Waals surface area (Å²) in [5, 5.41) is 19.5. The predicted molar refractivity (Wildman–Crippen MR) is 55.7 cm³/mol. The van der Waals surface area contributed by atoms with Gasteiger partial charge < -0.3 is 10.4 Å². The van der Waals surface area contributed by atoms with E-state index in [1.54, 1.807) is 24.3 Å². The molecule has 0 bridgehead atoms. The van der Waals surface area contributed by atoms with Crippen LogP contribution in [0, 0.1) is 11.3 Å². The van der Waals surface area contributed by atoms with E-state index in [-0.39, 0.29) is 24.4 Å². The zero-order valence-electron chi connectivity index (χ0n) is 8.43. The number of nitrogens with one attached hydrogen (secondary N) is 1. The number of hydrogen-bond acceptors (Lipinski definition) is 3. The van der Waals surface area contributed by atoms with Crippen LogP contribution >= 0.6 is 0 Å². The van der Waals surface area contributed by atoms with Crippen LogP contribution in [0.4, 0.5) is 0 Å². The zero-order valence-corrected chi connectivity index (χ0v) is 8.43. The Kier molecular flexibility index (Phi) is 4.04. The van der Waals surface area contributed by atoms with Gasteiger partial charge in [0, 0.05) is 0 Å². The third kappa shape index (κ3) is 3.10. The standard InChI is InChI=1S/C11H10N2O3/c12-5-6-13-10(14)7-8-3-1-2-4-9(8)11(15)16/h1-4H,6-7H2,(H,13,14)(H,15,16). The molecule has 0 unspecified atom stereocenters. The number of carbonyl (C=O) groups excluding carboxylic acids is 1. The van der Waals surface area contributed by atoms with Crippen molar-refractivity contribution in [3.8, 4) is 6.07 Å². The predicted octanol–water partition coefficient (Wildman–Crippen LogP) is 0.567. The Morgan fingerprint density at radius 1 is 1.38 bits per heavy atom. The number of hydrogen-bond donors (Lipinski definition) is 2. The molecule has 0 aliphatic carbocycles. The van der Waals surface area contributed by atoms with Crippen LogP contribution in [-0.2, 0) is 11.2 Å². The second-order valence-electron chi connectivity index (χ2n) is 3.07. The highest BCUT2D eigenvalue weighted by Gasteiger charge is 2.11. The van der Waals surface area contributed by atoms with Gasteiger partial charge in [0.15, 0.2) is 0 Å². The Bertz CT molecular complexity index is 449. The fraction of sp³-hybridized carbons (Fsp3) is 0.182. The number of nitriles is 1. The van der Waals surface area contributed by atoms with Crippen molar-refractivity contribution in [2.45, 2.75) is 6.42 Å². The molecule has 0 spiro atoms. The van der Waals surface area contributed by atoms with E-state index >= 15 is 0 Å². The highest BCUT2D eigenvalue weighted by atomic mass is 16.4. The maximum absolute atomic E-state index is 11.3. The number of amides is 1. The summed E-state index contributed by atoms with van der Waals surface area (Å²) in [6, 6.07) is 8.06. The number of carboxylic acids is 1. The molecule has 1 aromatic carbocycles. The maximum atomic E-state index is 11.3. The average Bonchev–Trinajstić information content (AvgIpc) is 2.27. The van der Waals surface area contributed by atoms with Crippen molar-refractivity contribution in [2.75, 3.05) is 6.54 Å². The molecule has 16 heavy (non-hydrogen) atoms. The van der Waals surface area contributed by atoms with E-state index < -0.39 is 5.97 Å². The van der Waals surface area contributed by atoms with Crippen molar-refractivity contribution in [1.29, 1.82) is 5.26 Å². The lowest BCUT2D eigenvalue weighted by molar-refractivity contribution is -0.120. The van der Waals surface area contributed by atoms with E-state index in [0.717, 1.165) is 0 Å². The summed E-state index contributed by atoms with van der Waals surface area (Å²) >= 11 is 0. The third-order valence-corrected chi connectivity index (χ3v) is 1.96. The Labute approximate surface area is 92.3 Å². The molecular weight excluding hydrogens is 208 g/mol. The number of carbonyl (C=O) groups is 2. The first-order valence-electron chi connectivity index (χ1n) is 4.60. The molecular formula is C11H10N2O3. The number of benzene rings is 1. The van der Waals surface area contributed by atoms with Crippen molar-refractivity contribution >= 4 is 11.9 Å². The molecule has 0 aliphatic heterocycles. The van der Waals surface area contributed by atoms with Gasteiger partial charge in [0.25, 0.3) is 0 Å². The van der Waals surface area contributed by atoms with Crippen LogP contribution in [0.5, 0.6) is 0 Å². The molecule has 0 saturated carbocycles. The van der Waals surface area contributed by atoms with Crippen LogP contribution in [0.25, 0.3) is 0 Å². The summed E-state index contributed by atoms with van der Waals surface area (Å²) in [4.78, 5) is 22.1. The van der Waals surface area contributed by atoms with Gasteiger partial charge in [0.1, 0.15) is 6.54 Å². The van der Waals surface area contributed by atoms with Gasteiger partial charge in [0.05, 0.1) is 18.1 Å². The van der Waals surface area contributed by atoms with Crippen LogP contribution in [0.15, 0.2) is 24.3 Å². The van der Waals surface area contributed by atoms with Gasteiger partial charge in [-0.15, -0.1) is 0 Å². The summed E-state index contributed by atoms with van der Waals surface area (Å²) in [5.41, 5.74) is 0.542. The molecule has 1 aromatic rings. The van der Waals surface area contributed by atoms with Crippen molar-refractivity contribution in [2.24, 2.45) is 0 Å². The first kappa shape index (κ1) is 11.7. The first-order valence-corrected chi connectivity index (χ1v) is 4.60. The van der Waals surface area contributed by atoms with Gasteiger partial charge in [-0.2, -0.15) is 5.26 Å². The minimum Gasteiger partial charge on any atom is -0.478 e. The smallest absolute Gasteiger partial charge is 0.335 e. The molecule has 0 heterocycles. The molecule has 0 radical (unpaired) electrons. The summed E-state index contributed by atoms with van der Waals surface area (Å²) in [6.07, 6.45) is -0.0375. The fourth-order valence-corrected chi connectivity index (χ4v) is 1.26. The molecule has 2 N–H and O–H groups in total. The van der Waals surface area contributed by atoms with Gasteiger partial charge in [0.2, 0.25) is 5.91 Å². The lowest BCUT2D eigenvalue weighted by atomic mass is 10.0. The van der Waals surface area contributed by atoms with Crippen LogP contribution in [0.3, 0.4) is 0 Å². The molecule has 5 nitrogen and oxygen atoms in total. The Morgan fingerprint density at radius 3 is 2.69 bits per heavy atom. The zero-order chi connectivity index (χ0) is 12.0. The van der Waals surface area contributed by atoms with Gasteiger partial charge in [-0.25, -0.2) is 4.79 Å². The molecule has 82 valence electrons. The minimum atomic E-state index is -1.07. The van der Waals surface area contributed by atoms with Crippen LogP contribution in [-0.4, -0.2) is 23.5 Å². The Hall–Kier alpha value is -2.35. The molecule has 0 atom stereocenters.